The van der Waals surface area contributed by atoms with Crippen molar-refractivity contribution >= 4 is 22.8 Å². The Morgan fingerprint density at radius 3 is 3.05 bits per heavy atom. The molecule has 2 atom stereocenters. The number of hydrogen-bond acceptors (Lipinski definition) is 4. The zero-order valence-electron chi connectivity index (χ0n) is 10.4. The van der Waals surface area contributed by atoms with Gasteiger partial charge in [0.15, 0.2) is 5.58 Å². The van der Waals surface area contributed by atoms with Crippen molar-refractivity contribution in [3.05, 3.63) is 28.7 Å². The van der Waals surface area contributed by atoms with Crippen LogP contribution in [0.3, 0.4) is 0 Å². The second kappa shape index (κ2) is 4.15. The molecule has 1 aliphatic rings. The molecule has 6 nitrogen and oxygen atoms in total. The monoisotopic (exact) mass is 262 g/mol. The molecule has 1 saturated carbocycles. The number of benzene rings is 1. The van der Waals surface area contributed by atoms with Gasteiger partial charge in [-0.05, 0) is 30.5 Å². The van der Waals surface area contributed by atoms with Gasteiger partial charge in [-0.2, -0.15) is 0 Å². The number of nitrogens with one attached hydrogen (secondary N) is 1. The third-order valence-electron chi connectivity index (χ3n) is 3.60. The normalized spacial score (nSPS) is 21.5. The highest BCUT2D eigenvalue weighted by atomic mass is 16.4. The predicted molar refractivity (Wildman–Crippen MR) is 69.2 cm³/mol. The molecule has 3 rings (SSSR count). The van der Waals surface area contributed by atoms with Crippen molar-refractivity contribution in [3.8, 4) is 0 Å². The van der Waals surface area contributed by atoms with Crippen molar-refractivity contribution in [2.24, 2.45) is 18.9 Å². The number of oxazole rings is 1. The van der Waals surface area contributed by atoms with Crippen LogP contribution in [0.25, 0.3) is 11.1 Å². The van der Waals surface area contributed by atoms with Crippen LogP contribution in [-0.4, -0.2) is 22.2 Å². The second-order valence-electron chi connectivity index (χ2n) is 4.93. The average Bonchev–Trinajstić information content (AvgIpc) is 3.11. The number of fused-ring (bicyclic) bond motifs is 1. The molecule has 100 valence electrons. The summed E-state index contributed by atoms with van der Waals surface area (Å²) < 4.78 is 6.48. The molecule has 1 aliphatic carbocycles. The molecule has 0 amide bonds. The van der Waals surface area contributed by atoms with Crippen molar-refractivity contribution in [2.45, 2.75) is 6.42 Å². The van der Waals surface area contributed by atoms with Crippen LogP contribution in [0.4, 0.5) is 5.69 Å². The topological polar surface area (TPSA) is 84.5 Å². The van der Waals surface area contributed by atoms with Crippen LogP contribution in [0.5, 0.6) is 0 Å². The van der Waals surface area contributed by atoms with E-state index in [0.29, 0.717) is 12.1 Å². The Morgan fingerprint density at radius 1 is 1.58 bits per heavy atom. The number of anilines is 1. The SMILES string of the molecule is Cn1c(=O)oc2ccc(NCC3CC3C(=O)O)cc21. The Balaban J connectivity index is 1.73. The van der Waals surface area contributed by atoms with Crippen LogP contribution >= 0.6 is 0 Å². The molecule has 0 aliphatic heterocycles. The lowest BCUT2D eigenvalue weighted by atomic mass is 10.2. The lowest BCUT2D eigenvalue weighted by Crippen LogP contribution is -2.09. The Bertz CT molecular complexity index is 700. The Labute approximate surface area is 108 Å². The molecule has 0 bridgehead atoms. The zero-order valence-corrected chi connectivity index (χ0v) is 10.4. The summed E-state index contributed by atoms with van der Waals surface area (Å²) in [5.74, 6) is -1.13. The first-order valence-corrected chi connectivity index (χ1v) is 6.12. The van der Waals surface area contributed by atoms with Crippen LogP contribution in [0.1, 0.15) is 6.42 Å². The number of aromatic nitrogens is 1. The molecular weight excluding hydrogens is 248 g/mol. The molecule has 1 aromatic carbocycles. The van der Waals surface area contributed by atoms with Crippen LogP contribution in [0, 0.1) is 11.8 Å². The fraction of sp³-hybridized carbons (Fsp3) is 0.385. The molecule has 2 unspecified atom stereocenters. The number of hydrogen-bond donors (Lipinski definition) is 2. The van der Waals surface area contributed by atoms with E-state index in [0.717, 1.165) is 17.6 Å². The minimum Gasteiger partial charge on any atom is -0.481 e. The quantitative estimate of drug-likeness (QED) is 0.866. The number of carbonyl (C=O) groups is 1. The fourth-order valence-electron chi connectivity index (χ4n) is 2.26. The van der Waals surface area contributed by atoms with Gasteiger partial charge in [0.1, 0.15) is 0 Å². The molecule has 1 aromatic heterocycles. The van der Waals surface area contributed by atoms with Crippen molar-refractivity contribution in [1.82, 2.24) is 4.57 Å². The molecule has 2 aromatic rings. The van der Waals surface area contributed by atoms with Crippen LogP contribution in [0.2, 0.25) is 0 Å². The van der Waals surface area contributed by atoms with E-state index in [9.17, 15) is 9.59 Å². The number of aliphatic carboxylic acids is 1. The van der Waals surface area contributed by atoms with Crippen LogP contribution < -0.4 is 11.1 Å². The van der Waals surface area contributed by atoms with Crippen molar-refractivity contribution < 1.29 is 14.3 Å². The highest BCUT2D eigenvalue weighted by Gasteiger charge is 2.42. The standard InChI is InChI=1S/C13H14N2O4/c1-15-10-5-8(2-3-11(10)19-13(15)18)14-6-7-4-9(7)12(16)17/h2-3,5,7,9,14H,4,6H2,1H3,(H,16,17). The van der Waals surface area contributed by atoms with Gasteiger partial charge in [0, 0.05) is 19.3 Å². The van der Waals surface area contributed by atoms with Crippen molar-refractivity contribution in [3.63, 3.8) is 0 Å². The largest absolute Gasteiger partial charge is 0.481 e. The van der Waals surface area contributed by atoms with E-state index in [1.165, 1.54) is 4.57 Å². The molecule has 0 spiro atoms. The van der Waals surface area contributed by atoms with Gasteiger partial charge < -0.3 is 14.8 Å². The predicted octanol–water partition coefficient (Wildman–Crippen LogP) is 1.26. The summed E-state index contributed by atoms with van der Waals surface area (Å²) >= 11 is 0. The van der Waals surface area contributed by atoms with E-state index in [2.05, 4.69) is 5.32 Å². The maximum absolute atomic E-state index is 11.4. The molecule has 0 saturated heterocycles. The van der Waals surface area contributed by atoms with E-state index < -0.39 is 5.97 Å². The van der Waals surface area contributed by atoms with E-state index in [4.69, 9.17) is 9.52 Å². The molecular formula is C13H14N2O4. The van der Waals surface area contributed by atoms with E-state index in [1.807, 2.05) is 12.1 Å². The summed E-state index contributed by atoms with van der Waals surface area (Å²) in [6, 6.07) is 5.39. The summed E-state index contributed by atoms with van der Waals surface area (Å²) in [7, 11) is 1.65. The smallest absolute Gasteiger partial charge is 0.419 e. The average molecular weight is 262 g/mol. The highest BCUT2D eigenvalue weighted by Crippen LogP contribution is 2.38. The minimum atomic E-state index is -0.723. The van der Waals surface area contributed by atoms with Crippen molar-refractivity contribution in [1.29, 1.82) is 0 Å². The fourth-order valence-corrected chi connectivity index (χ4v) is 2.26. The highest BCUT2D eigenvalue weighted by molar-refractivity contribution is 5.77. The summed E-state index contributed by atoms with van der Waals surface area (Å²) in [5, 5.41) is 12.0. The number of rotatable bonds is 4. The molecule has 1 heterocycles. The lowest BCUT2D eigenvalue weighted by Gasteiger charge is -2.05. The van der Waals surface area contributed by atoms with Crippen LogP contribution in [-0.2, 0) is 11.8 Å². The summed E-state index contributed by atoms with van der Waals surface area (Å²) in [6.07, 6.45) is 0.731. The van der Waals surface area contributed by atoms with Gasteiger partial charge >= 0.3 is 11.7 Å². The van der Waals surface area contributed by atoms with Gasteiger partial charge in [-0.25, -0.2) is 4.79 Å². The molecule has 1 fully saturated rings. The van der Waals surface area contributed by atoms with E-state index in [-0.39, 0.29) is 17.6 Å². The number of carboxylic acid groups (broad SMARTS) is 1. The van der Waals surface area contributed by atoms with Crippen molar-refractivity contribution in [2.75, 3.05) is 11.9 Å². The van der Waals surface area contributed by atoms with Gasteiger partial charge in [-0.3, -0.25) is 9.36 Å². The summed E-state index contributed by atoms with van der Waals surface area (Å²) in [4.78, 5) is 22.1. The first-order valence-electron chi connectivity index (χ1n) is 6.12. The Morgan fingerprint density at radius 2 is 2.37 bits per heavy atom. The maximum atomic E-state index is 11.4. The maximum Gasteiger partial charge on any atom is 0.419 e. The zero-order chi connectivity index (χ0) is 13.6. The first kappa shape index (κ1) is 11.8. The molecule has 19 heavy (non-hydrogen) atoms. The third-order valence-corrected chi connectivity index (χ3v) is 3.60. The Kier molecular flexibility index (Phi) is 2.58. The second-order valence-corrected chi connectivity index (χ2v) is 4.93. The third kappa shape index (κ3) is 2.09. The molecule has 6 heteroatoms. The van der Waals surface area contributed by atoms with Gasteiger partial charge in [-0.15, -0.1) is 0 Å². The molecule has 2 N–H and O–H groups in total. The number of carboxylic acids is 1. The van der Waals surface area contributed by atoms with Gasteiger partial charge in [0.25, 0.3) is 0 Å². The summed E-state index contributed by atoms with van der Waals surface area (Å²) in [6.45, 7) is 0.633. The minimum absolute atomic E-state index is 0.196. The van der Waals surface area contributed by atoms with E-state index >= 15 is 0 Å². The lowest BCUT2D eigenvalue weighted by molar-refractivity contribution is -0.138. The van der Waals surface area contributed by atoms with Gasteiger partial charge in [0.05, 0.1) is 11.4 Å². The number of nitrogens with zero attached hydrogens (tertiary/aromatic N) is 1. The van der Waals surface area contributed by atoms with Gasteiger partial charge in [-0.1, -0.05) is 0 Å². The Hall–Kier alpha value is -2.24. The molecule has 0 radical (unpaired) electrons. The summed E-state index contributed by atoms with van der Waals surface area (Å²) in [5.41, 5.74) is 2.13. The van der Waals surface area contributed by atoms with E-state index in [1.54, 1.807) is 13.1 Å². The number of aryl methyl sites for hydroxylation is 1. The van der Waals surface area contributed by atoms with Crippen LogP contribution in [0.15, 0.2) is 27.4 Å². The first-order chi connectivity index (χ1) is 9.06. The van der Waals surface area contributed by atoms with Gasteiger partial charge in [0.2, 0.25) is 0 Å².